The first-order valence-electron chi connectivity index (χ1n) is 12.6. The molecule has 0 atom stereocenters. The fraction of sp³-hybridized carbons (Fsp3) is 0.0606. The first-order valence-corrected chi connectivity index (χ1v) is 12.6. The molecule has 0 aliphatic rings. The zero-order chi connectivity index (χ0) is 25.6. The number of imidazole rings is 1. The van der Waals surface area contributed by atoms with Gasteiger partial charge in [0.15, 0.2) is 5.58 Å². The number of rotatable bonds is 4. The van der Waals surface area contributed by atoms with E-state index in [9.17, 15) is 0 Å². The zero-order valence-corrected chi connectivity index (χ0v) is 21.2. The second kappa shape index (κ2) is 8.82. The molecule has 5 heteroatoms. The van der Waals surface area contributed by atoms with E-state index in [0.717, 1.165) is 61.4 Å². The van der Waals surface area contributed by atoms with Crippen molar-refractivity contribution in [1.29, 1.82) is 0 Å². The lowest BCUT2D eigenvalue weighted by Crippen LogP contribution is -2.29. The molecule has 4 aromatic carbocycles. The third kappa shape index (κ3) is 3.59. The summed E-state index contributed by atoms with van der Waals surface area (Å²) in [4.78, 5) is 8.35. The van der Waals surface area contributed by atoms with Gasteiger partial charge in [-0.2, -0.15) is 4.57 Å². The molecule has 5 nitrogen and oxygen atoms in total. The van der Waals surface area contributed by atoms with Gasteiger partial charge in [0, 0.05) is 22.5 Å². The lowest BCUT2D eigenvalue weighted by atomic mass is 10.0. The minimum atomic E-state index is 0.908. The first kappa shape index (κ1) is 22.2. The number of aromatic nitrogens is 4. The molecule has 7 rings (SSSR count). The van der Waals surface area contributed by atoms with Crippen molar-refractivity contribution in [2.75, 3.05) is 0 Å². The van der Waals surface area contributed by atoms with Crippen LogP contribution in [0.2, 0.25) is 0 Å². The van der Waals surface area contributed by atoms with Crippen molar-refractivity contribution in [3.63, 3.8) is 0 Å². The van der Waals surface area contributed by atoms with E-state index in [2.05, 4.69) is 118 Å². The first-order chi connectivity index (χ1) is 18.7. The van der Waals surface area contributed by atoms with Crippen LogP contribution < -0.4 is 4.57 Å². The van der Waals surface area contributed by atoms with Crippen LogP contribution in [0.3, 0.4) is 0 Å². The number of fused-ring (bicyclic) bond motifs is 3. The standard InChI is InChI=1S/C33H25N4O/c1-22-7-16-28-27-5-3-4-6-30(27)38-32(28)31(22)33-36(2)19-20-37(33)26-14-12-24(13-15-26)23-8-10-25(11-9-23)29-17-18-34-21-35-29/h3-21H,1-2H3/q+1. The Morgan fingerprint density at radius 1 is 0.763 bits per heavy atom. The predicted octanol–water partition coefficient (Wildman–Crippen LogP) is 7.30. The van der Waals surface area contributed by atoms with Gasteiger partial charge in [-0.1, -0.05) is 66.7 Å². The van der Waals surface area contributed by atoms with E-state index in [4.69, 9.17) is 4.42 Å². The van der Waals surface area contributed by atoms with Gasteiger partial charge in [0.2, 0.25) is 0 Å². The molecule has 182 valence electrons. The van der Waals surface area contributed by atoms with Crippen molar-refractivity contribution in [2.45, 2.75) is 6.92 Å². The summed E-state index contributed by atoms with van der Waals surface area (Å²) in [5.74, 6) is 1.08. The maximum Gasteiger partial charge on any atom is 0.297 e. The van der Waals surface area contributed by atoms with Crippen LogP contribution in [-0.2, 0) is 7.05 Å². The minimum Gasteiger partial charge on any atom is -0.455 e. The van der Waals surface area contributed by atoms with Crippen molar-refractivity contribution < 1.29 is 8.98 Å². The van der Waals surface area contributed by atoms with Crippen LogP contribution in [0.25, 0.3) is 61.4 Å². The summed E-state index contributed by atoms with van der Waals surface area (Å²) in [6.45, 7) is 2.15. The Kier molecular flexibility index (Phi) is 5.15. The lowest BCUT2D eigenvalue weighted by Gasteiger charge is -2.08. The smallest absolute Gasteiger partial charge is 0.297 e. The Morgan fingerprint density at radius 2 is 1.50 bits per heavy atom. The molecule has 0 aliphatic carbocycles. The molecule has 3 aromatic heterocycles. The van der Waals surface area contributed by atoms with Crippen LogP contribution in [0.4, 0.5) is 0 Å². The molecule has 7 aromatic rings. The van der Waals surface area contributed by atoms with E-state index in [1.54, 1.807) is 12.5 Å². The number of furan rings is 1. The molecule has 0 aliphatic heterocycles. The van der Waals surface area contributed by atoms with Crippen molar-refractivity contribution in [1.82, 2.24) is 14.5 Å². The van der Waals surface area contributed by atoms with Crippen LogP contribution in [0.15, 0.2) is 120 Å². The number of benzene rings is 4. The Morgan fingerprint density at radius 3 is 2.26 bits per heavy atom. The van der Waals surface area contributed by atoms with Gasteiger partial charge >= 0.3 is 0 Å². The van der Waals surface area contributed by atoms with Crippen molar-refractivity contribution in [2.24, 2.45) is 7.05 Å². The van der Waals surface area contributed by atoms with Gasteiger partial charge in [-0.15, -0.1) is 0 Å². The number of aryl methyl sites for hydroxylation is 2. The normalized spacial score (nSPS) is 11.4. The Labute approximate surface area is 220 Å². The highest BCUT2D eigenvalue weighted by molar-refractivity contribution is 6.09. The average molecular weight is 494 g/mol. The van der Waals surface area contributed by atoms with Gasteiger partial charge in [0.25, 0.3) is 5.82 Å². The summed E-state index contributed by atoms with van der Waals surface area (Å²) in [6, 6.07) is 31.7. The van der Waals surface area contributed by atoms with Gasteiger partial charge in [0.1, 0.15) is 35.6 Å². The number of para-hydroxylation sites is 1. The fourth-order valence-electron chi connectivity index (χ4n) is 5.26. The van der Waals surface area contributed by atoms with Gasteiger partial charge in [-0.3, -0.25) is 0 Å². The highest BCUT2D eigenvalue weighted by atomic mass is 16.3. The molecular formula is C33H25N4O+. The summed E-state index contributed by atoms with van der Waals surface area (Å²) < 4.78 is 10.8. The van der Waals surface area contributed by atoms with Crippen LogP contribution in [0.1, 0.15) is 5.56 Å². The predicted molar refractivity (Wildman–Crippen MR) is 151 cm³/mol. The second-order valence-electron chi connectivity index (χ2n) is 9.55. The summed E-state index contributed by atoms with van der Waals surface area (Å²) in [5, 5.41) is 2.27. The highest BCUT2D eigenvalue weighted by Gasteiger charge is 2.26. The van der Waals surface area contributed by atoms with Crippen molar-refractivity contribution in [3.8, 4) is 39.5 Å². The third-order valence-corrected chi connectivity index (χ3v) is 7.22. The molecule has 3 heterocycles. The van der Waals surface area contributed by atoms with Gasteiger partial charge in [-0.05, 0) is 47.9 Å². The lowest BCUT2D eigenvalue weighted by molar-refractivity contribution is -0.659. The Hall–Kier alpha value is -5.03. The quantitative estimate of drug-likeness (QED) is 0.242. The van der Waals surface area contributed by atoms with Crippen molar-refractivity contribution in [3.05, 3.63) is 121 Å². The van der Waals surface area contributed by atoms with E-state index in [-0.39, 0.29) is 0 Å². The highest BCUT2D eigenvalue weighted by Crippen LogP contribution is 2.37. The maximum atomic E-state index is 6.42. The fourth-order valence-corrected chi connectivity index (χ4v) is 5.26. The average Bonchev–Trinajstić information content (AvgIpc) is 3.54. The van der Waals surface area contributed by atoms with E-state index >= 15 is 0 Å². The van der Waals surface area contributed by atoms with Crippen molar-refractivity contribution >= 4 is 21.9 Å². The van der Waals surface area contributed by atoms with E-state index in [0.29, 0.717) is 0 Å². The summed E-state index contributed by atoms with van der Waals surface area (Å²) in [7, 11) is 2.08. The summed E-state index contributed by atoms with van der Waals surface area (Å²) in [5.41, 5.74) is 9.52. The molecule has 0 saturated carbocycles. The zero-order valence-electron chi connectivity index (χ0n) is 21.2. The summed E-state index contributed by atoms with van der Waals surface area (Å²) >= 11 is 0. The van der Waals surface area contributed by atoms with E-state index in [1.165, 1.54) is 5.56 Å². The SMILES string of the molecule is Cc1ccc2c(oc3ccccc32)c1-c1n(-c2ccc(-c3ccc(-c4ccncn4)cc3)cc2)cc[n+]1C. The molecule has 0 spiro atoms. The largest absolute Gasteiger partial charge is 0.455 e. The van der Waals surface area contributed by atoms with Crippen LogP contribution >= 0.6 is 0 Å². The molecular weight excluding hydrogens is 468 g/mol. The number of nitrogens with zero attached hydrogens (tertiary/aromatic N) is 4. The minimum absolute atomic E-state index is 0.908. The maximum absolute atomic E-state index is 6.42. The van der Waals surface area contributed by atoms with E-state index in [1.807, 2.05) is 18.2 Å². The Bertz CT molecular complexity index is 1920. The molecule has 0 amide bonds. The monoisotopic (exact) mass is 493 g/mol. The molecule has 38 heavy (non-hydrogen) atoms. The van der Waals surface area contributed by atoms with Gasteiger partial charge in [-0.25, -0.2) is 14.5 Å². The van der Waals surface area contributed by atoms with Crippen LogP contribution in [-0.4, -0.2) is 14.5 Å². The van der Waals surface area contributed by atoms with Crippen LogP contribution in [0, 0.1) is 6.92 Å². The molecule has 0 radical (unpaired) electrons. The summed E-state index contributed by atoms with van der Waals surface area (Å²) in [6.07, 6.45) is 7.55. The molecule has 0 bridgehead atoms. The topological polar surface area (TPSA) is 47.7 Å². The molecule has 0 saturated heterocycles. The molecule has 0 unspecified atom stereocenters. The molecule has 0 N–H and O–H groups in total. The van der Waals surface area contributed by atoms with E-state index < -0.39 is 0 Å². The van der Waals surface area contributed by atoms with Gasteiger partial charge in [0.05, 0.1) is 12.7 Å². The van der Waals surface area contributed by atoms with Gasteiger partial charge < -0.3 is 4.42 Å². The Balaban J connectivity index is 1.28. The molecule has 0 fully saturated rings. The third-order valence-electron chi connectivity index (χ3n) is 7.22. The number of hydrogen-bond acceptors (Lipinski definition) is 3. The second-order valence-corrected chi connectivity index (χ2v) is 9.55. The van der Waals surface area contributed by atoms with Crippen LogP contribution in [0.5, 0.6) is 0 Å². The number of hydrogen-bond donors (Lipinski definition) is 0.